The van der Waals surface area contributed by atoms with Crippen LogP contribution in [0.25, 0.3) is 0 Å². The fourth-order valence-electron chi connectivity index (χ4n) is 1.40. The summed E-state index contributed by atoms with van der Waals surface area (Å²) in [6.45, 7) is 0. The molecule has 2 atom stereocenters. The maximum absolute atomic E-state index is 11.6. The fourth-order valence-corrected chi connectivity index (χ4v) is 1.40. The fraction of sp³-hybridized carbons (Fsp3) is 0.417. The van der Waals surface area contributed by atoms with Crippen molar-refractivity contribution in [3.05, 3.63) is 18.2 Å². The normalized spacial score (nSPS) is 12.9. The van der Waals surface area contributed by atoms with Crippen LogP contribution in [0.1, 0.15) is 12.1 Å². The number of nitrogens with zero attached hydrogens (tertiary/aromatic N) is 1. The molecule has 14 heteroatoms. The number of nitrogens with two attached hydrogens (primary N) is 2. The number of aromatic amines is 1. The van der Waals surface area contributed by atoms with Gasteiger partial charge in [0.1, 0.15) is 6.04 Å². The van der Waals surface area contributed by atoms with E-state index in [1.807, 2.05) is 0 Å². The first-order chi connectivity index (χ1) is 11.8. The Hall–Kier alpha value is -3.16. The molecule has 0 aliphatic heterocycles. The van der Waals surface area contributed by atoms with Crippen LogP contribution in [0.4, 0.5) is 13.2 Å². The zero-order chi connectivity index (χ0) is 20.5. The number of carbonyl (C=O) groups excluding carboxylic acids is 2. The average Bonchev–Trinajstić information content (AvgIpc) is 2.98. The topological polar surface area (TPSA) is 201 Å². The van der Waals surface area contributed by atoms with Crippen molar-refractivity contribution in [2.24, 2.45) is 11.5 Å². The third-order valence-electron chi connectivity index (χ3n) is 2.59. The summed E-state index contributed by atoms with van der Waals surface area (Å²) in [6.07, 6.45) is -2.55. The number of aromatic nitrogens is 2. The minimum absolute atomic E-state index is 0.0321. The van der Waals surface area contributed by atoms with E-state index in [1.54, 1.807) is 0 Å². The maximum atomic E-state index is 11.6. The molecule has 0 bridgehead atoms. The zero-order valence-corrected chi connectivity index (χ0v) is 13.0. The van der Waals surface area contributed by atoms with Crippen molar-refractivity contribution in [2.45, 2.75) is 31.1 Å². The van der Waals surface area contributed by atoms with Crippen molar-refractivity contribution < 1.29 is 42.6 Å². The summed E-state index contributed by atoms with van der Waals surface area (Å²) in [5.41, 5.74) is 10.9. The number of halogens is 3. The second kappa shape index (κ2) is 9.97. The van der Waals surface area contributed by atoms with Gasteiger partial charge < -0.3 is 32.0 Å². The molecule has 2 amide bonds. The van der Waals surface area contributed by atoms with Crippen molar-refractivity contribution in [2.75, 3.05) is 0 Å². The molecule has 0 aliphatic carbocycles. The van der Waals surface area contributed by atoms with Crippen LogP contribution >= 0.6 is 0 Å². The summed E-state index contributed by atoms with van der Waals surface area (Å²) in [7, 11) is 0. The van der Waals surface area contributed by atoms with Crippen molar-refractivity contribution in [3.8, 4) is 0 Å². The summed E-state index contributed by atoms with van der Waals surface area (Å²) in [5, 5.41) is 18.4. The third-order valence-corrected chi connectivity index (χ3v) is 2.59. The molecule has 0 fully saturated rings. The number of H-pyrrole nitrogens is 1. The maximum Gasteiger partial charge on any atom is 0.490 e. The summed E-state index contributed by atoms with van der Waals surface area (Å²) in [5.74, 6) is -5.45. The highest BCUT2D eigenvalue weighted by Crippen LogP contribution is 2.13. The number of hydrogen-bond acceptors (Lipinski definition) is 6. The standard InChI is InChI=1S/C10H15N5O4.C2HF3O2/c11-6(2-8(12)16)9(17)15-7(10(18)19)1-5-3-13-4-14-5;3-2(4,5)1(6)7/h3-4,6-7H,1-2,11H2,(H2,12,16)(H,13,14)(H,15,17)(H,18,19);(H,6,7)/t6-,7-;/m0./s1. The number of hydrogen-bond donors (Lipinski definition) is 6. The van der Waals surface area contributed by atoms with Crippen LogP contribution in [-0.2, 0) is 25.6 Å². The average molecular weight is 383 g/mol. The lowest BCUT2D eigenvalue weighted by molar-refractivity contribution is -0.192. The Balaban J connectivity index is 0.000000758. The van der Waals surface area contributed by atoms with Gasteiger partial charge >= 0.3 is 18.1 Å². The molecule has 1 heterocycles. The molecule has 0 aliphatic rings. The smallest absolute Gasteiger partial charge is 0.480 e. The molecule has 0 saturated carbocycles. The molecule has 26 heavy (non-hydrogen) atoms. The van der Waals surface area contributed by atoms with Crippen molar-refractivity contribution in [3.63, 3.8) is 0 Å². The van der Waals surface area contributed by atoms with Crippen LogP contribution in [0.15, 0.2) is 12.5 Å². The summed E-state index contributed by atoms with van der Waals surface area (Å²) < 4.78 is 31.7. The zero-order valence-electron chi connectivity index (χ0n) is 13.0. The molecule has 1 aromatic heterocycles. The van der Waals surface area contributed by atoms with Gasteiger partial charge in [0.25, 0.3) is 0 Å². The van der Waals surface area contributed by atoms with E-state index in [-0.39, 0.29) is 12.8 Å². The van der Waals surface area contributed by atoms with Gasteiger partial charge in [0.15, 0.2) is 0 Å². The van der Waals surface area contributed by atoms with E-state index in [4.69, 9.17) is 26.5 Å². The van der Waals surface area contributed by atoms with Gasteiger partial charge in [-0.05, 0) is 0 Å². The minimum Gasteiger partial charge on any atom is -0.480 e. The van der Waals surface area contributed by atoms with Crippen LogP contribution in [0, 0.1) is 0 Å². The molecule has 0 spiro atoms. The molecule has 1 aromatic rings. The molecule has 0 unspecified atom stereocenters. The molecule has 0 aromatic carbocycles. The monoisotopic (exact) mass is 383 g/mol. The predicted molar refractivity (Wildman–Crippen MR) is 77.3 cm³/mol. The lowest BCUT2D eigenvalue weighted by Crippen LogP contribution is -2.50. The first-order valence-electron chi connectivity index (χ1n) is 6.69. The first-order valence-corrected chi connectivity index (χ1v) is 6.69. The number of amides is 2. The van der Waals surface area contributed by atoms with E-state index in [1.165, 1.54) is 12.5 Å². The number of carboxylic acids is 2. The van der Waals surface area contributed by atoms with Gasteiger partial charge in [0.05, 0.1) is 18.8 Å². The predicted octanol–water partition coefficient (Wildman–Crippen LogP) is -1.64. The number of carbonyl (C=O) groups is 4. The number of primary amides is 1. The Morgan fingerprint density at radius 3 is 2.15 bits per heavy atom. The summed E-state index contributed by atoms with van der Waals surface area (Å²) >= 11 is 0. The number of aliphatic carboxylic acids is 2. The molecule has 11 nitrogen and oxygen atoms in total. The van der Waals surface area contributed by atoms with Gasteiger partial charge in [0, 0.05) is 18.3 Å². The lowest BCUT2D eigenvalue weighted by Gasteiger charge is -2.16. The molecular weight excluding hydrogens is 367 g/mol. The second-order valence-corrected chi connectivity index (χ2v) is 4.76. The Morgan fingerprint density at radius 2 is 1.81 bits per heavy atom. The number of alkyl halides is 3. The van der Waals surface area contributed by atoms with Gasteiger partial charge in [0.2, 0.25) is 11.8 Å². The van der Waals surface area contributed by atoms with Crippen molar-refractivity contribution in [1.82, 2.24) is 15.3 Å². The van der Waals surface area contributed by atoms with Gasteiger partial charge in [-0.2, -0.15) is 13.2 Å². The quantitative estimate of drug-likeness (QED) is 0.321. The van der Waals surface area contributed by atoms with Gasteiger partial charge in [-0.3, -0.25) is 9.59 Å². The molecule has 0 saturated heterocycles. The van der Waals surface area contributed by atoms with Crippen molar-refractivity contribution >= 4 is 23.8 Å². The van der Waals surface area contributed by atoms with E-state index in [2.05, 4.69) is 15.3 Å². The highest BCUT2D eigenvalue weighted by molar-refractivity contribution is 5.90. The minimum atomic E-state index is -5.08. The first kappa shape index (κ1) is 22.8. The van der Waals surface area contributed by atoms with E-state index in [0.29, 0.717) is 5.69 Å². The Kier molecular flexibility index (Phi) is 8.76. The molecular formula is C12H16F3N5O6. The third kappa shape index (κ3) is 9.21. The van der Waals surface area contributed by atoms with E-state index in [9.17, 15) is 27.6 Å². The highest BCUT2D eigenvalue weighted by atomic mass is 19.4. The largest absolute Gasteiger partial charge is 0.490 e. The summed E-state index contributed by atoms with van der Waals surface area (Å²) in [4.78, 5) is 48.6. The van der Waals surface area contributed by atoms with E-state index < -0.39 is 42.0 Å². The second-order valence-electron chi connectivity index (χ2n) is 4.76. The van der Waals surface area contributed by atoms with Gasteiger partial charge in [-0.15, -0.1) is 0 Å². The lowest BCUT2D eigenvalue weighted by atomic mass is 10.1. The van der Waals surface area contributed by atoms with Crippen LogP contribution in [0.2, 0.25) is 0 Å². The molecule has 8 N–H and O–H groups in total. The molecule has 0 radical (unpaired) electrons. The molecule has 146 valence electrons. The molecule has 1 rings (SSSR count). The SMILES string of the molecule is NC(=O)C[C@H](N)C(=O)N[C@@H](Cc1cnc[nH]1)C(=O)O.O=C(O)C(F)(F)F. The Labute approximate surface area is 143 Å². The van der Waals surface area contributed by atoms with Crippen molar-refractivity contribution in [1.29, 1.82) is 0 Å². The Morgan fingerprint density at radius 1 is 1.27 bits per heavy atom. The van der Waals surface area contributed by atoms with Crippen LogP contribution in [0.5, 0.6) is 0 Å². The number of carboxylic acid groups (broad SMARTS) is 2. The highest BCUT2D eigenvalue weighted by Gasteiger charge is 2.38. The van der Waals surface area contributed by atoms with Crippen LogP contribution in [0.3, 0.4) is 0 Å². The number of nitrogens with one attached hydrogen (secondary N) is 2. The van der Waals surface area contributed by atoms with Crippen LogP contribution in [-0.4, -0.2) is 62.2 Å². The van der Waals surface area contributed by atoms with Gasteiger partial charge in [-0.1, -0.05) is 0 Å². The van der Waals surface area contributed by atoms with Gasteiger partial charge in [-0.25, -0.2) is 14.6 Å². The van der Waals surface area contributed by atoms with E-state index in [0.717, 1.165) is 0 Å². The summed E-state index contributed by atoms with van der Waals surface area (Å²) in [6, 6.07) is -2.33. The number of rotatable bonds is 7. The van der Waals surface area contributed by atoms with E-state index >= 15 is 0 Å². The Bertz CT molecular complexity index is 634. The van der Waals surface area contributed by atoms with Crippen LogP contribution < -0.4 is 16.8 Å². The number of imidazole rings is 1.